The zero-order chi connectivity index (χ0) is 21.1. The molecule has 6 heteroatoms. The Morgan fingerprint density at radius 2 is 1.73 bits per heavy atom. The summed E-state index contributed by atoms with van der Waals surface area (Å²) in [7, 11) is 1.90. The van der Waals surface area contributed by atoms with Crippen LogP contribution in [0.3, 0.4) is 0 Å². The minimum absolute atomic E-state index is 0.0164. The average Bonchev–Trinajstić information content (AvgIpc) is 3.20. The summed E-state index contributed by atoms with van der Waals surface area (Å²) >= 11 is 1.67. The molecule has 158 valence electrons. The van der Waals surface area contributed by atoms with Crippen LogP contribution in [-0.4, -0.2) is 65.4 Å². The Labute approximate surface area is 182 Å². The number of amides is 1. The molecule has 0 saturated carbocycles. The lowest BCUT2D eigenvalue weighted by Crippen LogP contribution is -2.49. The number of hydrogen-bond donors (Lipinski definition) is 0. The third-order valence-corrected chi connectivity index (χ3v) is 7.33. The molecule has 0 unspecified atom stereocenters. The van der Waals surface area contributed by atoms with Crippen molar-refractivity contribution in [3.63, 3.8) is 0 Å². The smallest absolute Gasteiger partial charge is 0.237 e. The van der Waals surface area contributed by atoms with Gasteiger partial charge in [0.25, 0.3) is 0 Å². The number of benzene rings is 2. The molecule has 0 N–H and O–H groups in total. The largest absolute Gasteiger partial charge is 0.335 e. The van der Waals surface area contributed by atoms with Crippen molar-refractivity contribution < 1.29 is 4.79 Å². The fraction of sp³-hybridized carbons (Fsp3) is 0.417. The minimum atomic E-state index is -0.0164. The Balaban J connectivity index is 1.29. The number of para-hydroxylation sites is 1. The second-order valence-corrected chi connectivity index (χ2v) is 9.24. The highest BCUT2D eigenvalue weighted by molar-refractivity contribution is 7.18. The van der Waals surface area contributed by atoms with Crippen LogP contribution in [-0.2, 0) is 11.3 Å². The first-order chi connectivity index (χ1) is 14.5. The normalized spacial score (nSPS) is 16.6. The molecule has 30 heavy (non-hydrogen) atoms. The maximum Gasteiger partial charge on any atom is 0.237 e. The van der Waals surface area contributed by atoms with Gasteiger partial charge in [-0.15, -0.1) is 11.3 Å². The molecule has 2 heterocycles. The summed E-state index contributed by atoms with van der Waals surface area (Å²) in [5.41, 5.74) is 3.75. The highest BCUT2D eigenvalue weighted by atomic mass is 32.1. The number of fused-ring (bicyclic) bond motifs is 1. The summed E-state index contributed by atoms with van der Waals surface area (Å²) in [6.45, 7) is 9.56. The molecule has 1 atom stereocenters. The molecule has 2 aromatic carbocycles. The van der Waals surface area contributed by atoms with Crippen LogP contribution < -0.4 is 0 Å². The number of likely N-dealkylation sites (N-methyl/N-ethyl adjacent to an activating group) is 1. The molecule has 1 fully saturated rings. The SMILES string of the molecule is Cc1ccccc1CN1CCN(CC(=O)N(C)[C@@H](C)c2nc3ccccc3s2)CC1. The summed E-state index contributed by atoms with van der Waals surface area (Å²) in [5, 5.41) is 0.995. The van der Waals surface area contributed by atoms with Crippen LogP contribution >= 0.6 is 11.3 Å². The first kappa shape index (κ1) is 21.0. The lowest BCUT2D eigenvalue weighted by Gasteiger charge is -2.35. The second-order valence-electron chi connectivity index (χ2n) is 8.18. The van der Waals surface area contributed by atoms with Crippen LogP contribution in [0.1, 0.15) is 29.1 Å². The van der Waals surface area contributed by atoms with E-state index in [9.17, 15) is 4.79 Å². The average molecular weight is 423 g/mol. The molecule has 0 spiro atoms. The summed E-state index contributed by atoms with van der Waals surface area (Å²) in [5.74, 6) is 0.161. The molecule has 0 radical (unpaired) electrons. The van der Waals surface area contributed by atoms with Crippen molar-refractivity contribution in [1.29, 1.82) is 0 Å². The van der Waals surface area contributed by atoms with Crippen LogP contribution in [0.4, 0.5) is 0 Å². The number of aryl methyl sites for hydroxylation is 1. The van der Waals surface area contributed by atoms with Gasteiger partial charge < -0.3 is 4.90 Å². The van der Waals surface area contributed by atoms with E-state index < -0.39 is 0 Å². The van der Waals surface area contributed by atoms with E-state index in [1.54, 1.807) is 11.3 Å². The number of nitrogens with zero attached hydrogens (tertiary/aromatic N) is 4. The van der Waals surface area contributed by atoms with Crippen LogP contribution in [0.5, 0.6) is 0 Å². The van der Waals surface area contributed by atoms with E-state index in [1.807, 2.05) is 30.1 Å². The zero-order valence-corrected chi connectivity index (χ0v) is 18.9. The number of aromatic nitrogens is 1. The third-order valence-electron chi connectivity index (χ3n) is 6.12. The first-order valence-corrected chi connectivity index (χ1v) is 11.4. The quantitative estimate of drug-likeness (QED) is 0.603. The van der Waals surface area contributed by atoms with E-state index in [0.717, 1.165) is 43.2 Å². The molecule has 1 aromatic heterocycles. The van der Waals surface area contributed by atoms with Gasteiger partial charge in [-0.3, -0.25) is 14.6 Å². The molecule has 5 nitrogen and oxygen atoms in total. The predicted octanol–water partition coefficient (Wildman–Crippen LogP) is 3.94. The van der Waals surface area contributed by atoms with Crippen LogP contribution in [0.15, 0.2) is 48.5 Å². The van der Waals surface area contributed by atoms with Gasteiger partial charge in [-0.25, -0.2) is 4.98 Å². The summed E-state index contributed by atoms with van der Waals surface area (Å²) in [4.78, 5) is 24.2. The first-order valence-electron chi connectivity index (χ1n) is 10.6. The van der Waals surface area contributed by atoms with Gasteiger partial charge >= 0.3 is 0 Å². The van der Waals surface area contributed by atoms with Gasteiger partial charge in [0.1, 0.15) is 5.01 Å². The Hall–Kier alpha value is -2.28. The number of piperazine rings is 1. The number of thiazole rings is 1. The molecule has 1 aliphatic heterocycles. The van der Waals surface area contributed by atoms with Gasteiger partial charge in [0, 0.05) is 39.8 Å². The van der Waals surface area contributed by atoms with E-state index in [0.29, 0.717) is 6.54 Å². The maximum atomic E-state index is 12.9. The topological polar surface area (TPSA) is 39.7 Å². The van der Waals surface area contributed by atoms with Gasteiger partial charge in [0.05, 0.1) is 22.8 Å². The predicted molar refractivity (Wildman–Crippen MR) is 124 cm³/mol. The number of rotatable bonds is 6. The summed E-state index contributed by atoms with van der Waals surface area (Å²) < 4.78 is 1.17. The zero-order valence-electron chi connectivity index (χ0n) is 18.0. The Kier molecular flexibility index (Phi) is 6.46. The Morgan fingerprint density at radius 1 is 1.07 bits per heavy atom. The van der Waals surface area contributed by atoms with Crippen molar-refractivity contribution in [2.45, 2.75) is 26.4 Å². The molecule has 3 aromatic rings. The molecule has 0 bridgehead atoms. The fourth-order valence-corrected chi connectivity index (χ4v) is 4.95. The van der Waals surface area contributed by atoms with Gasteiger partial charge in [-0.2, -0.15) is 0 Å². The van der Waals surface area contributed by atoms with E-state index in [2.05, 4.69) is 54.0 Å². The Morgan fingerprint density at radius 3 is 2.47 bits per heavy atom. The number of carbonyl (C=O) groups is 1. The van der Waals surface area contributed by atoms with Gasteiger partial charge in [0.2, 0.25) is 5.91 Å². The van der Waals surface area contributed by atoms with E-state index in [-0.39, 0.29) is 11.9 Å². The molecule has 1 aliphatic rings. The van der Waals surface area contributed by atoms with Crippen molar-refractivity contribution >= 4 is 27.5 Å². The van der Waals surface area contributed by atoms with Crippen LogP contribution in [0, 0.1) is 6.92 Å². The van der Waals surface area contributed by atoms with Gasteiger partial charge in [-0.05, 0) is 37.1 Å². The highest BCUT2D eigenvalue weighted by Crippen LogP contribution is 2.28. The highest BCUT2D eigenvalue weighted by Gasteiger charge is 2.24. The number of carbonyl (C=O) groups excluding carboxylic acids is 1. The summed E-state index contributed by atoms with van der Waals surface area (Å²) in [6.07, 6.45) is 0. The van der Waals surface area contributed by atoms with Gasteiger partial charge in [0.15, 0.2) is 0 Å². The molecule has 1 amide bonds. The van der Waals surface area contributed by atoms with Crippen molar-refractivity contribution in [2.24, 2.45) is 0 Å². The van der Waals surface area contributed by atoms with Crippen molar-refractivity contribution in [3.05, 3.63) is 64.7 Å². The lowest BCUT2D eigenvalue weighted by molar-refractivity contribution is -0.133. The molecule has 1 saturated heterocycles. The monoisotopic (exact) mass is 422 g/mol. The van der Waals surface area contributed by atoms with Crippen LogP contribution in [0.2, 0.25) is 0 Å². The standard InChI is InChI=1S/C24H30N4OS/c1-18-8-4-5-9-20(18)16-27-12-14-28(15-13-27)17-23(29)26(3)19(2)24-25-21-10-6-7-11-22(21)30-24/h4-11,19H,12-17H2,1-3H3/t19-/m0/s1. The van der Waals surface area contributed by atoms with Crippen molar-refractivity contribution in [2.75, 3.05) is 39.8 Å². The van der Waals surface area contributed by atoms with E-state index in [4.69, 9.17) is 4.98 Å². The minimum Gasteiger partial charge on any atom is -0.335 e. The van der Waals surface area contributed by atoms with E-state index in [1.165, 1.54) is 15.8 Å². The Bertz CT molecular complexity index is 976. The fourth-order valence-electron chi connectivity index (χ4n) is 3.89. The van der Waals surface area contributed by atoms with E-state index >= 15 is 0 Å². The van der Waals surface area contributed by atoms with Crippen LogP contribution in [0.25, 0.3) is 10.2 Å². The molecule has 4 rings (SSSR count). The van der Waals surface area contributed by atoms with Crippen molar-refractivity contribution in [1.82, 2.24) is 19.7 Å². The second kappa shape index (κ2) is 9.25. The summed E-state index contributed by atoms with van der Waals surface area (Å²) in [6, 6.07) is 16.7. The van der Waals surface area contributed by atoms with Crippen molar-refractivity contribution in [3.8, 4) is 0 Å². The van der Waals surface area contributed by atoms with Gasteiger partial charge in [-0.1, -0.05) is 36.4 Å². The molecular formula is C24H30N4OS. The number of hydrogen-bond acceptors (Lipinski definition) is 5. The molecule has 0 aliphatic carbocycles. The third kappa shape index (κ3) is 4.72. The lowest BCUT2D eigenvalue weighted by atomic mass is 10.1. The molecular weight excluding hydrogens is 392 g/mol. The maximum absolute atomic E-state index is 12.9.